The zero-order valence-electron chi connectivity index (χ0n) is 19.3. The summed E-state index contributed by atoms with van der Waals surface area (Å²) in [6.45, 7) is 17.4. The number of imidazole rings is 1. The third-order valence-electron chi connectivity index (χ3n) is 6.30. The van der Waals surface area contributed by atoms with E-state index in [2.05, 4.69) is 63.6 Å². The standard InChI is InChI=1S/C24H37N5O/c1-6-12-29-20(4)23(26-21(29)5)24(30)25-11-8-13-27-14-16-28(17-15-27)22-10-7-9-18(2)19(22)3/h7,9-10H,6,8,11-17H2,1-5H3,(H,25,30). The Morgan fingerprint density at radius 2 is 1.80 bits per heavy atom. The van der Waals surface area contributed by atoms with Crippen molar-refractivity contribution in [1.82, 2.24) is 19.8 Å². The molecule has 1 fully saturated rings. The lowest BCUT2D eigenvalue weighted by Crippen LogP contribution is -2.47. The topological polar surface area (TPSA) is 53.4 Å². The molecule has 0 saturated carbocycles. The van der Waals surface area contributed by atoms with E-state index in [-0.39, 0.29) is 5.91 Å². The summed E-state index contributed by atoms with van der Waals surface area (Å²) in [7, 11) is 0. The number of nitrogens with one attached hydrogen (secondary N) is 1. The first-order chi connectivity index (χ1) is 14.4. The minimum Gasteiger partial charge on any atom is -0.369 e. The zero-order valence-corrected chi connectivity index (χ0v) is 19.3. The molecule has 3 rings (SSSR count). The molecule has 6 nitrogen and oxygen atoms in total. The number of piperazine rings is 1. The number of hydrogen-bond donors (Lipinski definition) is 1. The second-order valence-corrected chi connectivity index (χ2v) is 8.40. The Hall–Kier alpha value is -2.34. The summed E-state index contributed by atoms with van der Waals surface area (Å²) < 4.78 is 2.13. The molecule has 0 radical (unpaired) electrons. The number of hydrogen-bond acceptors (Lipinski definition) is 4. The van der Waals surface area contributed by atoms with Crippen molar-refractivity contribution >= 4 is 11.6 Å². The van der Waals surface area contributed by atoms with Crippen LogP contribution >= 0.6 is 0 Å². The predicted octanol–water partition coefficient (Wildman–Crippen LogP) is 3.47. The monoisotopic (exact) mass is 411 g/mol. The molecule has 1 aliphatic heterocycles. The fraction of sp³-hybridized carbons (Fsp3) is 0.583. The zero-order chi connectivity index (χ0) is 21.7. The fourth-order valence-electron chi connectivity index (χ4n) is 4.32. The van der Waals surface area contributed by atoms with Crippen LogP contribution in [0.5, 0.6) is 0 Å². The molecule has 2 aromatic rings. The maximum atomic E-state index is 12.5. The van der Waals surface area contributed by atoms with Gasteiger partial charge in [0.2, 0.25) is 0 Å². The van der Waals surface area contributed by atoms with Crippen molar-refractivity contribution < 1.29 is 4.79 Å². The van der Waals surface area contributed by atoms with Crippen molar-refractivity contribution in [2.75, 3.05) is 44.2 Å². The molecule has 6 heteroatoms. The van der Waals surface area contributed by atoms with E-state index < -0.39 is 0 Å². The van der Waals surface area contributed by atoms with E-state index >= 15 is 0 Å². The Morgan fingerprint density at radius 1 is 1.07 bits per heavy atom. The number of aryl methyl sites for hydroxylation is 2. The Labute approximate surface area is 181 Å². The van der Waals surface area contributed by atoms with Crippen LogP contribution in [0.4, 0.5) is 5.69 Å². The second-order valence-electron chi connectivity index (χ2n) is 8.40. The summed E-state index contributed by atoms with van der Waals surface area (Å²) in [6, 6.07) is 6.57. The van der Waals surface area contributed by atoms with Crippen molar-refractivity contribution in [3.63, 3.8) is 0 Å². The number of anilines is 1. The molecule has 2 heterocycles. The van der Waals surface area contributed by atoms with Crippen LogP contribution in [0.15, 0.2) is 18.2 Å². The van der Waals surface area contributed by atoms with Crippen LogP contribution in [0.25, 0.3) is 0 Å². The van der Waals surface area contributed by atoms with Gasteiger partial charge in [-0.15, -0.1) is 0 Å². The first kappa shape index (κ1) is 22.3. The van der Waals surface area contributed by atoms with Gasteiger partial charge < -0.3 is 14.8 Å². The minimum atomic E-state index is -0.0507. The van der Waals surface area contributed by atoms with Gasteiger partial charge in [0.1, 0.15) is 11.5 Å². The molecule has 0 atom stereocenters. The fourth-order valence-corrected chi connectivity index (χ4v) is 4.32. The highest BCUT2D eigenvalue weighted by atomic mass is 16.1. The van der Waals surface area contributed by atoms with Crippen LogP contribution in [0.2, 0.25) is 0 Å². The van der Waals surface area contributed by atoms with Gasteiger partial charge in [0.25, 0.3) is 5.91 Å². The van der Waals surface area contributed by atoms with E-state index in [0.29, 0.717) is 12.2 Å². The summed E-state index contributed by atoms with van der Waals surface area (Å²) >= 11 is 0. The summed E-state index contributed by atoms with van der Waals surface area (Å²) in [5, 5.41) is 3.06. The highest BCUT2D eigenvalue weighted by Crippen LogP contribution is 2.23. The van der Waals surface area contributed by atoms with Crippen LogP contribution in [-0.4, -0.2) is 59.6 Å². The Kier molecular flexibility index (Phi) is 7.53. The highest BCUT2D eigenvalue weighted by molar-refractivity contribution is 5.93. The van der Waals surface area contributed by atoms with Gasteiger partial charge in [-0.3, -0.25) is 9.69 Å². The van der Waals surface area contributed by atoms with E-state index in [1.54, 1.807) is 0 Å². The Balaban J connectivity index is 1.41. The molecule has 1 amide bonds. The lowest BCUT2D eigenvalue weighted by atomic mass is 10.1. The predicted molar refractivity (Wildman–Crippen MR) is 124 cm³/mol. The molecule has 1 saturated heterocycles. The number of amides is 1. The van der Waals surface area contributed by atoms with Crippen molar-refractivity contribution in [3.05, 3.63) is 46.5 Å². The summed E-state index contributed by atoms with van der Waals surface area (Å²) in [5.74, 6) is 0.867. The Bertz CT molecular complexity index is 865. The number of rotatable bonds is 8. The maximum absolute atomic E-state index is 12.5. The second kappa shape index (κ2) is 10.1. The minimum absolute atomic E-state index is 0.0507. The van der Waals surface area contributed by atoms with Gasteiger partial charge in [0.05, 0.1) is 0 Å². The smallest absolute Gasteiger partial charge is 0.271 e. The van der Waals surface area contributed by atoms with Crippen molar-refractivity contribution in [2.45, 2.75) is 54.0 Å². The summed E-state index contributed by atoms with van der Waals surface area (Å²) in [4.78, 5) is 22.0. The van der Waals surface area contributed by atoms with Gasteiger partial charge in [-0.2, -0.15) is 0 Å². The first-order valence-electron chi connectivity index (χ1n) is 11.3. The molecular weight excluding hydrogens is 374 g/mol. The first-order valence-corrected chi connectivity index (χ1v) is 11.3. The maximum Gasteiger partial charge on any atom is 0.271 e. The van der Waals surface area contributed by atoms with Gasteiger partial charge in [-0.25, -0.2) is 4.98 Å². The third kappa shape index (κ3) is 5.04. The van der Waals surface area contributed by atoms with Gasteiger partial charge in [-0.05, 0) is 64.3 Å². The molecular formula is C24H37N5O. The lowest BCUT2D eigenvalue weighted by Gasteiger charge is -2.37. The molecule has 30 heavy (non-hydrogen) atoms. The average molecular weight is 412 g/mol. The third-order valence-corrected chi connectivity index (χ3v) is 6.30. The molecule has 0 spiro atoms. The van der Waals surface area contributed by atoms with Crippen molar-refractivity contribution in [1.29, 1.82) is 0 Å². The summed E-state index contributed by atoms with van der Waals surface area (Å²) in [5.41, 5.74) is 5.66. The van der Waals surface area contributed by atoms with Crippen molar-refractivity contribution in [3.8, 4) is 0 Å². The van der Waals surface area contributed by atoms with Crippen molar-refractivity contribution in [2.24, 2.45) is 0 Å². The number of aromatic nitrogens is 2. The molecule has 1 aromatic carbocycles. The normalized spacial score (nSPS) is 14.9. The quantitative estimate of drug-likeness (QED) is 0.676. The average Bonchev–Trinajstić information content (AvgIpc) is 3.02. The summed E-state index contributed by atoms with van der Waals surface area (Å²) in [6.07, 6.45) is 2.00. The van der Waals surface area contributed by atoms with Crippen LogP contribution < -0.4 is 10.2 Å². The number of carbonyl (C=O) groups excluding carboxylic acids is 1. The number of carbonyl (C=O) groups is 1. The van der Waals surface area contributed by atoms with E-state index in [0.717, 1.165) is 63.6 Å². The molecule has 0 bridgehead atoms. The van der Waals surface area contributed by atoms with Crippen LogP contribution in [0.1, 0.15) is 52.9 Å². The van der Waals surface area contributed by atoms with E-state index in [1.165, 1.54) is 16.8 Å². The van der Waals surface area contributed by atoms with Gasteiger partial charge in [0, 0.05) is 50.6 Å². The molecule has 1 aliphatic rings. The molecule has 0 unspecified atom stereocenters. The number of nitrogens with zero attached hydrogens (tertiary/aromatic N) is 4. The van der Waals surface area contributed by atoms with Gasteiger partial charge >= 0.3 is 0 Å². The van der Waals surface area contributed by atoms with Gasteiger partial charge in [-0.1, -0.05) is 19.1 Å². The largest absolute Gasteiger partial charge is 0.369 e. The molecule has 0 aliphatic carbocycles. The highest BCUT2D eigenvalue weighted by Gasteiger charge is 2.19. The SMILES string of the molecule is CCCn1c(C)nc(C(=O)NCCCN2CCN(c3cccc(C)c3C)CC2)c1C. The Morgan fingerprint density at radius 3 is 2.50 bits per heavy atom. The van der Waals surface area contributed by atoms with Crippen LogP contribution in [0, 0.1) is 27.7 Å². The molecule has 164 valence electrons. The van der Waals surface area contributed by atoms with E-state index in [4.69, 9.17) is 0 Å². The lowest BCUT2D eigenvalue weighted by molar-refractivity contribution is 0.0946. The van der Waals surface area contributed by atoms with E-state index in [9.17, 15) is 4.79 Å². The van der Waals surface area contributed by atoms with Crippen LogP contribution in [-0.2, 0) is 6.54 Å². The molecule has 1 aromatic heterocycles. The van der Waals surface area contributed by atoms with Crippen LogP contribution in [0.3, 0.4) is 0 Å². The number of benzene rings is 1. The van der Waals surface area contributed by atoms with Gasteiger partial charge in [0.15, 0.2) is 0 Å². The van der Waals surface area contributed by atoms with E-state index in [1.807, 2.05) is 13.8 Å². The molecule has 1 N–H and O–H groups in total.